The van der Waals surface area contributed by atoms with Crippen LogP contribution in [0.3, 0.4) is 0 Å². The van der Waals surface area contributed by atoms with Gasteiger partial charge in [0.05, 0.1) is 6.54 Å². The molecule has 1 N–H and O–H groups in total. The number of rotatable bonds is 6. The number of hydrogen-bond acceptors (Lipinski definition) is 5. The van der Waals surface area contributed by atoms with Gasteiger partial charge < -0.3 is 19.7 Å². The second-order valence-corrected chi connectivity index (χ2v) is 8.58. The van der Waals surface area contributed by atoms with Gasteiger partial charge in [0, 0.05) is 7.05 Å². The van der Waals surface area contributed by atoms with E-state index in [1.807, 2.05) is 60.7 Å². The number of carbonyl (C=O) groups excluding carboxylic acids is 3. The lowest BCUT2D eigenvalue weighted by Crippen LogP contribution is -2.48. The number of para-hydroxylation sites is 2. The van der Waals surface area contributed by atoms with Crippen molar-refractivity contribution in [3.05, 3.63) is 96.1 Å². The Bertz CT molecular complexity index is 1210. The summed E-state index contributed by atoms with van der Waals surface area (Å²) in [4.78, 5) is 42.2. The van der Waals surface area contributed by atoms with Crippen molar-refractivity contribution in [3.63, 3.8) is 0 Å². The zero-order valence-electron chi connectivity index (χ0n) is 19.2. The van der Waals surface area contributed by atoms with Crippen LogP contribution >= 0.6 is 0 Å². The number of imide groups is 1. The van der Waals surface area contributed by atoms with Gasteiger partial charge in [0.2, 0.25) is 5.91 Å². The molecule has 5 rings (SSSR count). The van der Waals surface area contributed by atoms with Gasteiger partial charge in [-0.2, -0.15) is 0 Å². The van der Waals surface area contributed by atoms with Crippen LogP contribution in [0.1, 0.15) is 11.1 Å². The van der Waals surface area contributed by atoms with Crippen molar-refractivity contribution < 1.29 is 23.9 Å². The van der Waals surface area contributed by atoms with Crippen molar-refractivity contribution in [1.29, 1.82) is 0 Å². The highest BCUT2D eigenvalue weighted by molar-refractivity contribution is 6.11. The minimum absolute atomic E-state index is 0.249. The van der Waals surface area contributed by atoms with Gasteiger partial charge in [-0.15, -0.1) is 0 Å². The van der Waals surface area contributed by atoms with Crippen LogP contribution in [0, 0.1) is 0 Å². The maximum Gasteiger partial charge on any atom is 0.326 e. The van der Waals surface area contributed by atoms with Crippen LogP contribution in [0.4, 0.5) is 4.79 Å². The Morgan fingerprint density at radius 1 is 0.943 bits per heavy atom. The Morgan fingerprint density at radius 3 is 2.14 bits per heavy atom. The molecule has 0 bridgehead atoms. The lowest BCUT2D eigenvalue weighted by molar-refractivity contribution is -0.138. The van der Waals surface area contributed by atoms with Gasteiger partial charge in [-0.25, -0.2) is 4.79 Å². The molecule has 1 saturated heterocycles. The molecule has 3 aromatic carbocycles. The SMILES string of the molecule is CN(CC1COc2ccccc2O1)C(=O)CN1C(=O)NC(c2ccccc2)(c2ccccc2)C1=O. The smallest absolute Gasteiger partial charge is 0.326 e. The van der Waals surface area contributed by atoms with Crippen molar-refractivity contribution in [2.45, 2.75) is 11.6 Å². The zero-order chi connectivity index (χ0) is 24.4. The maximum absolute atomic E-state index is 13.8. The summed E-state index contributed by atoms with van der Waals surface area (Å²) in [5.41, 5.74) is -0.152. The van der Waals surface area contributed by atoms with Gasteiger partial charge in [-0.3, -0.25) is 14.5 Å². The van der Waals surface area contributed by atoms with Gasteiger partial charge in [0.25, 0.3) is 5.91 Å². The average Bonchev–Trinajstić information content (AvgIpc) is 3.15. The van der Waals surface area contributed by atoms with Crippen LogP contribution < -0.4 is 14.8 Å². The molecule has 8 nitrogen and oxygen atoms in total. The lowest BCUT2D eigenvalue weighted by Gasteiger charge is -2.30. The summed E-state index contributed by atoms with van der Waals surface area (Å²) in [7, 11) is 1.62. The molecule has 1 unspecified atom stereocenters. The van der Waals surface area contributed by atoms with Crippen LogP contribution in [0.2, 0.25) is 0 Å². The monoisotopic (exact) mass is 471 g/mol. The largest absolute Gasteiger partial charge is 0.486 e. The molecule has 0 radical (unpaired) electrons. The molecule has 0 aromatic heterocycles. The van der Waals surface area contributed by atoms with Crippen molar-refractivity contribution in [3.8, 4) is 11.5 Å². The molecule has 3 aromatic rings. The minimum atomic E-state index is -1.40. The Balaban J connectivity index is 1.33. The minimum Gasteiger partial charge on any atom is -0.486 e. The Morgan fingerprint density at radius 2 is 1.51 bits per heavy atom. The molecular formula is C27H25N3O5. The lowest BCUT2D eigenvalue weighted by atomic mass is 9.82. The van der Waals surface area contributed by atoms with Crippen LogP contribution in [0.5, 0.6) is 11.5 Å². The average molecular weight is 472 g/mol. The summed E-state index contributed by atoms with van der Waals surface area (Å²) in [5.74, 6) is 0.408. The molecule has 0 spiro atoms. The number of urea groups is 1. The molecule has 0 aliphatic carbocycles. The molecule has 2 aliphatic rings. The zero-order valence-corrected chi connectivity index (χ0v) is 19.2. The molecule has 1 atom stereocenters. The molecule has 8 heteroatoms. The van der Waals surface area contributed by atoms with Crippen molar-refractivity contribution >= 4 is 17.8 Å². The van der Waals surface area contributed by atoms with E-state index >= 15 is 0 Å². The topological polar surface area (TPSA) is 88.2 Å². The summed E-state index contributed by atoms with van der Waals surface area (Å²) in [6.45, 7) is 0.162. The van der Waals surface area contributed by atoms with Gasteiger partial charge in [-0.05, 0) is 23.3 Å². The molecule has 178 valence electrons. The first-order chi connectivity index (χ1) is 17.0. The summed E-state index contributed by atoms with van der Waals surface area (Å²) in [5, 5.41) is 2.86. The number of carbonyl (C=O) groups is 3. The second-order valence-electron chi connectivity index (χ2n) is 8.58. The summed E-state index contributed by atoms with van der Waals surface area (Å²) < 4.78 is 11.7. The van der Waals surface area contributed by atoms with Crippen molar-refractivity contribution in [2.24, 2.45) is 0 Å². The second kappa shape index (κ2) is 9.13. The standard InChI is InChI=1S/C27H25N3O5/c1-29(16-21-18-34-22-14-8-9-15-23(22)35-21)24(31)17-30-25(32)27(28-26(30)33,19-10-4-2-5-11-19)20-12-6-3-7-13-20/h2-15,21H,16-18H2,1H3,(H,28,33). The maximum atomic E-state index is 13.8. The van der Waals surface area contributed by atoms with Crippen LogP contribution in [-0.2, 0) is 15.1 Å². The first kappa shape index (κ1) is 22.5. The fourth-order valence-electron chi connectivity index (χ4n) is 4.47. The predicted molar refractivity (Wildman–Crippen MR) is 128 cm³/mol. The van der Waals surface area contributed by atoms with E-state index in [-0.39, 0.29) is 25.1 Å². The quantitative estimate of drug-likeness (QED) is 0.559. The summed E-state index contributed by atoms with van der Waals surface area (Å²) in [6, 6.07) is 24.8. The van der Waals surface area contributed by atoms with Gasteiger partial charge in [0.1, 0.15) is 13.2 Å². The third-order valence-corrected chi connectivity index (χ3v) is 6.28. The molecule has 2 aliphatic heterocycles. The Kier molecular flexibility index (Phi) is 5.86. The molecule has 0 saturated carbocycles. The van der Waals surface area contributed by atoms with Gasteiger partial charge >= 0.3 is 6.03 Å². The summed E-state index contributed by atoms with van der Waals surface area (Å²) >= 11 is 0. The van der Waals surface area contributed by atoms with Crippen molar-refractivity contribution in [2.75, 3.05) is 26.7 Å². The van der Waals surface area contributed by atoms with E-state index in [1.54, 1.807) is 31.3 Å². The highest BCUT2D eigenvalue weighted by atomic mass is 16.6. The number of hydrogen-bond donors (Lipinski definition) is 1. The first-order valence-corrected chi connectivity index (χ1v) is 11.4. The highest BCUT2D eigenvalue weighted by Gasteiger charge is 2.54. The van der Waals surface area contributed by atoms with E-state index in [0.29, 0.717) is 29.2 Å². The van der Waals surface area contributed by atoms with Gasteiger partial charge in [0.15, 0.2) is 23.1 Å². The van der Waals surface area contributed by atoms with E-state index in [2.05, 4.69) is 5.32 Å². The van der Waals surface area contributed by atoms with E-state index in [9.17, 15) is 14.4 Å². The first-order valence-electron chi connectivity index (χ1n) is 11.4. The molecule has 1 fully saturated rings. The van der Waals surface area contributed by atoms with Crippen molar-refractivity contribution in [1.82, 2.24) is 15.1 Å². The molecule has 35 heavy (non-hydrogen) atoms. The fourth-order valence-corrected chi connectivity index (χ4v) is 4.47. The molecule has 4 amide bonds. The van der Waals surface area contributed by atoms with E-state index in [0.717, 1.165) is 4.90 Å². The Hall–Kier alpha value is -4.33. The number of likely N-dealkylation sites (N-methyl/N-ethyl adjacent to an activating group) is 1. The predicted octanol–water partition coefficient (Wildman–Crippen LogP) is 2.78. The van der Waals surface area contributed by atoms with Gasteiger partial charge in [-0.1, -0.05) is 72.8 Å². The fraction of sp³-hybridized carbons (Fsp3) is 0.222. The highest BCUT2D eigenvalue weighted by Crippen LogP contribution is 2.36. The summed E-state index contributed by atoms with van der Waals surface area (Å²) in [6.07, 6.45) is -0.366. The third-order valence-electron chi connectivity index (χ3n) is 6.28. The number of nitrogens with one attached hydrogen (secondary N) is 1. The number of benzene rings is 3. The number of amides is 4. The van der Waals surface area contributed by atoms with E-state index in [4.69, 9.17) is 9.47 Å². The van der Waals surface area contributed by atoms with E-state index < -0.39 is 17.5 Å². The number of nitrogens with zero attached hydrogens (tertiary/aromatic N) is 2. The van der Waals surface area contributed by atoms with Crippen LogP contribution in [0.15, 0.2) is 84.9 Å². The molecular weight excluding hydrogens is 446 g/mol. The normalized spacial score (nSPS) is 18.2. The molecule has 2 heterocycles. The van der Waals surface area contributed by atoms with Crippen LogP contribution in [-0.4, -0.2) is 60.5 Å². The van der Waals surface area contributed by atoms with E-state index in [1.165, 1.54) is 4.90 Å². The Labute approximate surface area is 203 Å². The third kappa shape index (κ3) is 4.07. The van der Waals surface area contributed by atoms with Crippen LogP contribution in [0.25, 0.3) is 0 Å². The number of ether oxygens (including phenoxy) is 2. The number of fused-ring (bicyclic) bond motifs is 1.